The van der Waals surface area contributed by atoms with Gasteiger partial charge in [-0.15, -0.1) is 6.58 Å². The molecule has 25 heavy (non-hydrogen) atoms. The van der Waals surface area contributed by atoms with E-state index in [1.807, 2.05) is 24.3 Å². The van der Waals surface area contributed by atoms with E-state index < -0.39 is 0 Å². The fraction of sp³-hybridized carbons (Fsp3) is 0.200. The van der Waals surface area contributed by atoms with E-state index in [2.05, 4.69) is 11.5 Å². The minimum absolute atomic E-state index is 0.0101. The van der Waals surface area contributed by atoms with Crippen molar-refractivity contribution in [2.24, 2.45) is 0 Å². The van der Waals surface area contributed by atoms with Crippen molar-refractivity contribution in [3.8, 4) is 11.1 Å². The van der Waals surface area contributed by atoms with Crippen LogP contribution in [0.25, 0.3) is 22.0 Å². The Bertz CT molecular complexity index is 1030. The molecule has 0 unspecified atom stereocenters. The van der Waals surface area contributed by atoms with Crippen LogP contribution in [0.5, 0.6) is 0 Å². The Morgan fingerprint density at radius 3 is 2.80 bits per heavy atom. The Morgan fingerprint density at radius 1 is 1.16 bits per heavy atom. The fourth-order valence-electron chi connectivity index (χ4n) is 3.32. The highest BCUT2D eigenvalue weighted by Crippen LogP contribution is 2.23. The molecule has 0 bridgehead atoms. The van der Waals surface area contributed by atoms with Crippen LogP contribution in [0.4, 0.5) is 4.39 Å². The second kappa shape index (κ2) is 6.26. The summed E-state index contributed by atoms with van der Waals surface area (Å²) in [4.78, 5) is 19.7. The van der Waals surface area contributed by atoms with Gasteiger partial charge in [0.25, 0.3) is 5.56 Å². The summed E-state index contributed by atoms with van der Waals surface area (Å²) >= 11 is 0. The normalized spacial score (nSPS) is 14.4. The van der Waals surface area contributed by atoms with Crippen LogP contribution in [0.1, 0.15) is 5.82 Å². The van der Waals surface area contributed by atoms with Crippen LogP contribution < -0.4 is 5.56 Å². The summed E-state index contributed by atoms with van der Waals surface area (Å²) in [6.07, 6.45) is 1.86. The van der Waals surface area contributed by atoms with Gasteiger partial charge in [0.15, 0.2) is 0 Å². The van der Waals surface area contributed by atoms with Gasteiger partial charge in [-0.1, -0.05) is 24.3 Å². The lowest BCUT2D eigenvalue weighted by molar-refractivity contribution is 0.234. The smallest absolute Gasteiger partial charge is 0.261 e. The predicted molar refractivity (Wildman–Crippen MR) is 96.9 cm³/mol. The summed E-state index contributed by atoms with van der Waals surface area (Å²) < 4.78 is 15.2. The maximum absolute atomic E-state index is 13.5. The molecule has 0 spiro atoms. The lowest BCUT2D eigenvalue weighted by atomic mass is 10.0. The van der Waals surface area contributed by atoms with Crippen LogP contribution in [0.15, 0.2) is 59.9 Å². The average Bonchev–Trinajstić information content (AvgIpc) is 2.61. The van der Waals surface area contributed by atoms with E-state index in [9.17, 15) is 9.18 Å². The fourth-order valence-corrected chi connectivity index (χ4v) is 3.32. The zero-order chi connectivity index (χ0) is 17.4. The molecule has 0 saturated carbocycles. The van der Waals surface area contributed by atoms with Crippen molar-refractivity contribution in [2.45, 2.75) is 13.1 Å². The highest BCUT2D eigenvalue weighted by Gasteiger charge is 2.19. The quantitative estimate of drug-likeness (QED) is 0.690. The Hall–Kier alpha value is -2.79. The molecule has 0 atom stereocenters. The third-order valence-electron chi connectivity index (χ3n) is 4.58. The Morgan fingerprint density at radius 2 is 2.00 bits per heavy atom. The molecule has 0 amide bonds. The number of nitrogens with zero attached hydrogens (tertiary/aromatic N) is 3. The number of benzene rings is 2. The Kier molecular flexibility index (Phi) is 3.93. The lowest BCUT2D eigenvalue weighted by Gasteiger charge is -2.28. The van der Waals surface area contributed by atoms with Crippen molar-refractivity contribution < 1.29 is 4.39 Å². The van der Waals surface area contributed by atoms with Gasteiger partial charge in [-0.2, -0.15) is 0 Å². The highest BCUT2D eigenvalue weighted by molar-refractivity contribution is 5.83. The molecule has 126 valence electrons. The first kappa shape index (κ1) is 15.7. The minimum atomic E-state index is -0.281. The van der Waals surface area contributed by atoms with Gasteiger partial charge < -0.3 is 0 Å². The molecular weight excluding hydrogens is 317 g/mol. The van der Waals surface area contributed by atoms with E-state index in [1.54, 1.807) is 16.7 Å². The van der Waals surface area contributed by atoms with Crippen LogP contribution >= 0.6 is 0 Å². The van der Waals surface area contributed by atoms with Crippen LogP contribution in [-0.2, 0) is 13.1 Å². The van der Waals surface area contributed by atoms with Gasteiger partial charge in [0.2, 0.25) is 0 Å². The molecule has 0 fully saturated rings. The molecule has 3 aromatic rings. The maximum atomic E-state index is 13.5. The number of fused-ring (bicyclic) bond motifs is 2. The third kappa shape index (κ3) is 2.87. The molecular formula is C20H18FN3O. The Labute approximate surface area is 144 Å². The van der Waals surface area contributed by atoms with Crippen LogP contribution in [0.2, 0.25) is 0 Å². The maximum Gasteiger partial charge on any atom is 0.261 e. The van der Waals surface area contributed by atoms with Crippen LogP contribution in [0, 0.1) is 5.82 Å². The van der Waals surface area contributed by atoms with Crippen molar-refractivity contribution in [2.75, 3.05) is 13.1 Å². The first-order valence-electron chi connectivity index (χ1n) is 8.28. The first-order chi connectivity index (χ1) is 12.2. The number of hydrogen-bond donors (Lipinski definition) is 0. The van der Waals surface area contributed by atoms with E-state index in [-0.39, 0.29) is 11.4 Å². The molecule has 2 aromatic carbocycles. The van der Waals surface area contributed by atoms with Crippen molar-refractivity contribution in [3.05, 3.63) is 77.1 Å². The Balaban J connectivity index is 1.83. The summed E-state index contributed by atoms with van der Waals surface area (Å²) in [7, 11) is 0. The highest BCUT2D eigenvalue weighted by atomic mass is 19.1. The van der Waals surface area contributed by atoms with E-state index >= 15 is 0 Å². The summed E-state index contributed by atoms with van der Waals surface area (Å²) in [5, 5.41) is 0.598. The van der Waals surface area contributed by atoms with E-state index in [4.69, 9.17) is 4.98 Å². The van der Waals surface area contributed by atoms with Crippen LogP contribution in [-0.4, -0.2) is 27.5 Å². The number of aromatic nitrogens is 2. The van der Waals surface area contributed by atoms with E-state index in [0.29, 0.717) is 24.0 Å². The SMILES string of the molecule is C=CCN1CCn2c(nc3cc(-c4cccc(F)c4)ccc3c2=O)C1. The number of halogens is 1. The topological polar surface area (TPSA) is 38.1 Å². The summed E-state index contributed by atoms with van der Waals surface area (Å²) in [5.41, 5.74) is 2.26. The molecule has 2 heterocycles. The lowest BCUT2D eigenvalue weighted by Crippen LogP contribution is -2.40. The van der Waals surface area contributed by atoms with Crippen LogP contribution in [0.3, 0.4) is 0 Å². The molecule has 0 aliphatic carbocycles. The van der Waals surface area contributed by atoms with Crippen molar-refractivity contribution in [1.29, 1.82) is 0 Å². The molecule has 4 rings (SSSR count). The molecule has 0 saturated heterocycles. The second-order valence-electron chi connectivity index (χ2n) is 6.25. The van der Waals surface area contributed by atoms with Gasteiger partial charge in [0.05, 0.1) is 17.4 Å². The molecule has 4 nitrogen and oxygen atoms in total. The van der Waals surface area contributed by atoms with E-state index in [1.165, 1.54) is 12.1 Å². The number of rotatable bonds is 3. The average molecular weight is 335 g/mol. The van der Waals surface area contributed by atoms with Gasteiger partial charge in [-0.05, 0) is 35.4 Å². The van der Waals surface area contributed by atoms with Crippen molar-refractivity contribution in [3.63, 3.8) is 0 Å². The molecule has 0 radical (unpaired) electrons. The monoisotopic (exact) mass is 335 g/mol. The van der Waals surface area contributed by atoms with Gasteiger partial charge in [-0.3, -0.25) is 14.3 Å². The van der Waals surface area contributed by atoms with Gasteiger partial charge in [0, 0.05) is 19.6 Å². The largest absolute Gasteiger partial charge is 0.294 e. The zero-order valence-corrected chi connectivity index (χ0v) is 13.8. The minimum Gasteiger partial charge on any atom is -0.294 e. The zero-order valence-electron chi connectivity index (χ0n) is 13.8. The van der Waals surface area contributed by atoms with Gasteiger partial charge in [0.1, 0.15) is 11.6 Å². The van der Waals surface area contributed by atoms with E-state index in [0.717, 1.165) is 30.0 Å². The summed E-state index contributed by atoms with van der Waals surface area (Å²) in [6.45, 7) is 6.62. The summed E-state index contributed by atoms with van der Waals surface area (Å²) in [5.74, 6) is 0.484. The first-order valence-corrected chi connectivity index (χ1v) is 8.28. The molecule has 0 N–H and O–H groups in total. The standard InChI is InChI=1S/C20H18FN3O/c1-2-8-23-9-10-24-19(13-23)22-18-12-15(6-7-17(18)20(24)25)14-4-3-5-16(21)11-14/h2-7,11-12H,1,8-10,13H2. The van der Waals surface area contributed by atoms with Crippen molar-refractivity contribution in [1.82, 2.24) is 14.5 Å². The molecule has 5 heteroatoms. The summed E-state index contributed by atoms with van der Waals surface area (Å²) in [6, 6.07) is 11.9. The second-order valence-corrected chi connectivity index (χ2v) is 6.25. The predicted octanol–water partition coefficient (Wildman–Crippen LogP) is 3.20. The third-order valence-corrected chi connectivity index (χ3v) is 4.58. The molecule has 1 aromatic heterocycles. The molecule has 1 aliphatic rings. The van der Waals surface area contributed by atoms with Gasteiger partial charge in [-0.25, -0.2) is 9.37 Å². The van der Waals surface area contributed by atoms with Gasteiger partial charge >= 0.3 is 0 Å². The molecule has 1 aliphatic heterocycles. The number of hydrogen-bond acceptors (Lipinski definition) is 3. The van der Waals surface area contributed by atoms with Crippen molar-refractivity contribution >= 4 is 10.9 Å².